The monoisotopic (exact) mass is 328 g/mol. The number of carbonyl (C=O) groups excluding carboxylic acids is 2. The molecular formula is C15H20O8. The van der Waals surface area contributed by atoms with E-state index in [1.165, 1.54) is 24.3 Å². The van der Waals surface area contributed by atoms with Gasteiger partial charge >= 0.3 is 0 Å². The summed E-state index contributed by atoms with van der Waals surface area (Å²) in [5, 5.41) is 58.2. The lowest BCUT2D eigenvalue weighted by Crippen LogP contribution is -2.58. The normalized spacial score (nSPS) is 19.3. The number of carbonyl (C=O) groups is 2. The fourth-order valence-corrected chi connectivity index (χ4v) is 2.07. The maximum Gasteiger partial charge on any atom is 0.239 e. The number of aliphatic hydroxyl groups is 6. The third-order valence-corrected chi connectivity index (χ3v) is 3.50. The van der Waals surface area contributed by atoms with Crippen LogP contribution < -0.4 is 0 Å². The third kappa shape index (κ3) is 3.81. The van der Waals surface area contributed by atoms with Gasteiger partial charge in [-0.3, -0.25) is 9.59 Å². The summed E-state index contributed by atoms with van der Waals surface area (Å²) in [6, 6.07) is 6.85. The first kappa shape index (κ1) is 19.4. The van der Waals surface area contributed by atoms with Crippen molar-refractivity contribution >= 4 is 11.6 Å². The fraction of sp³-hybridized carbons (Fsp3) is 0.467. The molecule has 1 rings (SSSR count). The van der Waals surface area contributed by atoms with Crippen LogP contribution in [-0.4, -0.2) is 73.2 Å². The topological polar surface area (TPSA) is 156 Å². The molecule has 0 saturated carbocycles. The van der Waals surface area contributed by atoms with Gasteiger partial charge in [-0.25, -0.2) is 0 Å². The summed E-state index contributed by atoms with van der Waals surface area (Å²) in [5.74, 6) is -2.92. The molecule has 0 heterocycles. The van der Waals surface area contributed by atoms with Gasteiger partial charge in [0.2, 0.25) is 11.6 Å². The number of Topliss-reactive ketones (excluding diaryl/α,β-unsaturated/α-hetero) is 2. The smallest absolute Gasteiger partial charge is 0.239 e. The van der Waals surface area contributed by atoms with Gasteiger partial charge < -0.3 is 30.6 Å². The lowest BCUT2D eigenvalue weighted by molar-refractivity contribution is -0.181. The van der Waals surface area contributed by atoms with Crippen LogP contribution in [0.1, 0.15) is 12.5 Å². The Morgan fingerprint density at radius 3 is 2.04 bits per heavy atom. The summed E-state index contributed by atoms with van der Waals surface area (Å²) in [5.41, 5.74) is -3.11. The second-order valence-corrected chi connectivity index (χ2v) is 5.19. The molecule has 0 saturated heterocycles. The molecule has 128 valence electrons. The van der Waals surface area contributed by atoms with E-state index in [0.29, 0.717) is 0 Å². The lowest BCUT2D eigenvalue weighted by Gasteiger charge is -2.35. The molecule has 0 amide bonds. The molecule has 1 unspecified atom stereocenters. The maximum absolute atomic E-state index is 12.3. The first-order chi connectivity index (χ1) is 10.7. The van der Waals surface area contributed by atoms with Crippen LogP contribution in [0.15, 0.2) is 30.3 Å². The Kier molecular flexibility index (Phi) is 6.51. The van der Waals surface area contributed by atoms with Crippen molar-refractivity contribution < 1.29 is 40.2 Å². The zero-order valence-corrected chi connectivity index (χ0v) is 12.4. The van der Waals surface area contributed by atoms with E-state index < -0.39 is 48.2 Å². The Morgan fingerprint density at radius 1 is 1.09 bits per heavy atom. The Morgan fingerprint density at radius 2 is 1.61 bits per heavy atom. The van der Waals surface area contributed by atoms with Gasteiger partial charge in [0.15, 0.2) is 5.60 Å². The second-order valence-electron chi connectivity index (χ2n) is 5.19. The average Bonchev–Trinajstić information content (AvgIpc) is 2.58. The van der Waals surface area contributed by atoms with Crippen LogP contribution >= 0.6 is 0 Å². The highest BCUT2D eigenvalue weighted by Crippen LogP contribution is 2.30. The summed E-state index contributed by atoms with van der Waals surface area (Å²) in [4.78, 5) is 24.1. The highest BCUT2D eigenvalue weighted by Gasteiger charge is 2.52. The standard InChI is InChI=1S/C15H20O8/c1-8(17)11(19)13(21)15(23,9-5-3-2-4-6-9)14(22)12(20)10(18)7-16/h2-6,8,10,12,14,16-18,20,22-23H,7H2,1H3/t8?,10-,12-,14+,15+/m1/s1. The summed E-state index contributed by atoms with van der Waals surface area (Å²) in [6.07, 6.45) is -8.02. The summed E-state index contributed by atoms with van der Waals surface area (Å²) < 4.78 is 0. The Hall–Kier alpha value is -1.68. The van der Waals surface area contributed by atoms with E-state index >= 15 is 0 Å². The van der Waals surface area contributed by atoms with Crippen molar-refractivity contribution in [2.45, 2.75) is 36.9 Å². The molecule has 0 spiro atoms. The zero-order valence-electron chi connectivity index (χ0n) is 12.4. The lowest BCUT2D eigenvalue weighted by atomic mass is 9.78. The largest absolute Gasteiger partial charge is 0.394 e. The van der Waals surface area contributed by atoms with Gasteiger partial charge in [0, 0.05) is 0 Å². The van der Waals surface area contributed by atoms with Gasteiger partial charge in [0.05, 0.1) is 6.61 Å². The first-order valence-corrected chi connectivity index (χ1v) is 6.87. The van der Waals surface area contributed by atoms with E-state index in [4.69, 9.17) is 5.11 Å². The molecule has 0 aliphatic carbocycles. The van der Waals surface area contributed by atoms with Gasteiger partial charge in [-0.15, -0.1) is 0 Å². The molecule has 0 fully saturated rings. The molecule has 1 aromatic rings. The van der Waals surface area contributed by atoms with Crippen LogP contribution in [0, 0.1) is 0 Å². The van der Waals surface area contributed by atoms with Gasteiger partial charge in [-0.2, -0.15) is 0 Å². The molecule has 0 aromatic heterocycles. The third-order valence-electron chi connectivity index (χ3n) is 3.50. The van der Waals surface area contributed by atoms with Crippen LogP contribution in [0.5, 0.6) is 0 Å². The van der Waals surface area contributed by atoms with Crippen LogP contribution in [0.25, 0.3) is 0 Å². The molecule has 8 heteroatoms. The summed E-state index contributed by atoms with van der Waals surface area (Å²) >= 11 is 0. The minimum absolute atomic E-state index is 0.212. The van der Waals surface area contributed by atoms with Crippen molar-refractivity contribution in [3.05, 3.63) is 35.9 Å². The molecule has 5 atom stereocenters. The molecule has 0 aliphatic rings. The van der Waals surface area contributed by atoms with E-state index in [2.05, 4.69) is 0 Å². The molecular weight excluding hydrogens is 308 g/mol. The molecule has 0 bridgehead atoms. The molecule has 0 aliphatic heterocycles. The van der Waals surface area contributed by atoms with Gasteiger partial charge in [-0.1, -0.05) is 30.3 Å². The first-order valence-electron chi connectivity index (χ1n) is 6.87. The van der Waals surface area contributed by atoms with Crippen LogP contribution in [-0.2, 0) is 15.2 Å². The molecule has 0 radical (unpaired) electrons. The summed E-state index contributed by atoms with van der Waals surface area (Å²) in [6.45, 7) is 0.0681. The predicted octanol–water partition coefficient (Wildman–Crippen LogP) is -2.53. The number of hydrogen-bond acceptors (Lipinski definition) is 8. The molecule has 1 aromatic carbocycles. The van der Waals surface area contributed by atoms with E-state index in [1.54, 1.807) is 6.07 Å². The van der Waals surface area contributed by atoms with Gasteiger partial charge in [-0.05, 0) is 12.5 Å². The van der Waals surface area contributed by atoms with Crippen molar-refractivity contribution in [2.75, 3.05) is 6.61 Å². The minimum Gasteiger partial charge on any atom is -0.394 e. The van der Waals surface area contributed by atoms with Crippen LogP contribution in [0.3, 0.4) is 0 Å². The fourth-order valence-electron chi connectivity index (χ4n) is 2.07. The molecule has 8 nitrogen and oxygen atoms in total. The van der Waals surface area contributed by atoms with Crippen molar-refractivity contribution in [3.8, 4) is 0 Å². The Labute approximate surface area is 132 Å². The zero-order chi connectivity index (χ0) is 17.8. The van der Waals surface area contributed by atoms with Gasteiger partial charge in [0.1, 0.15) is 24.4 Å². The predicted molar refractivity (Wildman–Crippen MR) is 77.1 cm³/mol. The Bertz CT molecular complexity index is 544. The highest BCUT2D eigenvalue weighted by atomic mass is 16.4. The van der Waals surface area contributed by atoms with Crippen LogP contribution in [0.2, 0.25) is 0 Å². The van der Waals surface area contributed by atoms with Crippen molar-refractivity contribution in [2.24, 2.45) is 0 Å². The number of rotatable bonds is 8. The van der Waals surface area contributed by atoms with Crippen molar-refractivity contribution in [1.82, 2.24) is 0 Å². The quantitative estimate of drug-likeness (QED) is 0.285. The molecule has 23 heavy (non-hydrogen) atoms. The van der Waals surface area contributed by atoms with E-state index in [-0.39, 0.29) is 5.56 Å². The molecule has 6 N–H and O–H groups in total. The number of hydrogen-bond donors (Lipinski definition) is 6. The van der Waals surface area contributed by atoms with Crippen molar-refractivity contribution in [3.63, 3.8) is 0 Å². The van der Waals surface area contributed by atoms with Crippen molar-refractivity contribution in [1.29, 1.82) is 0 Å². The van der Waals surface area contributed by atoms with Gasteiger partial charge in [0.25, 0.3) is 0 Å². The highest BCUT2D eigenvalue weighted by molar-refractivity contribution is 6.41. The Balaban J connectivity index is 3.38. The van der Waals surface area contributed by atoms with E-state index in [9.17, 15) is 35.1 Å². The number of aliphatic hydroxyl groups excluding tert-OH is 5. The number of benzene rings is 1. The van der Waals surface area contributed by atoms with E-state index in [0.717, 1.165) is 6.92 Å². The summed E-state index contributed by atoms with van der Waals surface area (Å²) in [7, 11) is 0. The second kappa shape index (κ2) is 7.73. The van der Waals surface area contributed by atoms with E-state index in [1.807, 2.05) is 0 Å². The SMILES string of the molecule is CC(O)C(=O)C(=O)[C@@](O)(c1ccccc1)[C@@H](O)[C@H](O)[C@H](O)CO. The van der Waals surface area contributed by atoms with Crippen LogP contribution in [0.4, 0.5) is 0 Å². The maximum atomic E-state index is 12.3. The number of ketones is 2. The minimum atomic E-state index is -2.90. The average molecular weight is 328 g/mol.